The summed E-state index contributed by atoms with van der Waals surface area (Å²) >= 11 is 0. The SMILES string of the molecule is CCCCC(CCCC)=C(CCCC)c1ccccc1CCCC. The van der Waals surface area contributed by atoms with E-state index in [2.05, 4.69) is 52.0 Å². The Labute approximate surface area is 151 Å². The molecule has 0 fully saturated rings. The largest absolute Gasteiger partial charge is 0.0664 e. The van der Waals surface area contributed by atoms with E-state index >= 15 is 0 Å². The fourth-order valence-corrected chi connectivity index (χ4v) is 3.46. The number of unbranched alkanes of at least 4 members (excludes halogenated alkanes) is 4. The first-order valence-electron chi connectivity index (χ1n) is 10.6. The minimum absolute atomic E-state index is 1.23. The van der Waals surface area contributed by atoms with E-state index in [-0.39, 0.29) is 0 Å². The number of hydrogen-bond acceptors (Lipinski definition) is 0. The normalized spacial score (nSPS) is 10.8. The van der Waals surface area contributed by atoms with Crippen LogP contribution in [0.15, 0.2) is 29.8 Å². The van der Waals surface area contributed by atoms with Crippen molar-refractivity contribution < 1.29 is 0 Å². The molecule has 0 saturated heterocycles. The third-order valence-corrected chi connectivity index (χ3v) is 5.01. The zero-order chi connectivity index (χ0) is 17.6. The zero-order valence-electron chi connectivity index (χ0n) is 16.8. The van der Waals surface area contributed by atoms with Crippen molar-refractivity contribution >= 4 is 5.57 Å². The molecule has 0 saturated carbocycles. The molecule has 24 heavy (non-hydrogen) atoms. The van der Waals surface area contributed by atoms with Crippen LogP contribution in [0.1, 0.15) is 109 Å². The highest BCUT2D eigenvalue weighted by Gasteiger charge is 2.12. The second-order valence-corrected chi connectivity index (χ2v) is 7.15. The molecule has 0 aliphatic carbocycles. The van der Waals surface area contributed by atoms with Crippen LogP contribution < -0.4 is 0 Å². The zero-order valence-corrected chi connectivity index (χ0v) is 16.8. The third kappa shape index (κ3) is 7.24. The Bertz CT molecular complexity index is 457. The molecule has 0 heterocycles. The third-order valence-electron chi connectivity index (χ3n) is 5.01. The lowest BCUT2D eigenvalue weighted by atomic mass is 9.86. The van der Waals surface area contributed by atoms with E-state index in [1.54, 1.807) is 22.3 Å². The average Bonchev–Trinajstić information content (AvgIpc) is 2.62. The van der Waals surface area contributed by atoms with Gasteiger partial charge in [0.15, 0.2) is 0 Å². The van der Waals surface area contributed by atoms with E-state index < -0.39 is 0 Å². The summed E-state index contributed by atoms with van der Waals surface area (Å²) in [6, 6.07) is 9.24. The fraction of sp³-hybridized carbons (Fsp3) is 0.667. The fourth-order valence-electron chi connectivity index (χ4n) is 3.46. The van der Waals surface area contributed by atoms with Crippen molar-refractivity contribution in [1.29, 1.82) is 0 Å². The van der Waals surface area contributed by atoms with E-state index in [1.165, 1.54) is 77.0 Å². The van der Waals surface area contributed by atoms with Crippen molar-refractivity contribution in [3.63, 3.8) is 0 Å². The van der Waals surface area contributed by atoms with Crippen molar-refractivity contribution in [3.05, 3.63) is 41.0 Å². The Morgan fingerprint density at radius 1 is 0.667 bits per heavy atom. The molecular formula is C24H40. The molecule has 0 atom stereocenters. The van der Waals surface area contributed by atoms with Gasteiger partial charge in [-0.15, -0.1) is 0 Å². The summed E-state index contributed by atoms with van der Waals surface area (Å²) in [7, 11) is 0. The molecule has 0 nitrogen and oxygen atoms in total. The predicted octanol–water partition coefficient (Wildman–Crippen LogP) is 8.35. The number of allylic oxidation sites excluding steroid dienone is 2. The Balaban J connectivity index is 3.22. The Hall–Kier alpha value is -1.04. The Morgan fingerprint density at radius 3 is 1.79 bits per heavy atom. The second kappa shape index (κ2) is 13.3. The maximum atomic E-state index is 2.40. The summed E-state index contributed by atoms with van der Waals surface area (Å²) in [6.45, 7) is 9.25. The molecular weight excluding hydrogens is 288 g/mol. The highest BCUT2D eigenvalue weighted by atomic mass is 14.2. The van der Waals surface area contributed by atoms with Gasteiger partial charge in [-0.25, -0.2) is 0 Å². The molecule has 0 N–H and O–H groups in total. The molecule has 0 aromatic heterocycles. The molecule has 0 spiro atoms. The molecule has 0 radical (unpaired) electrons. The van der Waals surface area contributed by atoms with Crippen LogP contribution in [0.3, 0.4) is 0 Å². The first-order chi connectivity index (χ1) is 11.8. The first-order valence-corrected chi connectivity index (χ1v) is 10.6. The lowest BCUT2D eigenvalue weighted by Crippen LogP contribution is -1.99. The average molecular weight is 329 g/mol. The van der Waals surface area contributed by atoms with Crippen molar-refractivity contribution in [2.45, 2.75) is 105 Å². The number of rotatable bonds is 13. The summed E-state index contributed by atoms with van der Waals surface area (Å²) < 4.78 is 0. The number of hydrogen-bond donors (Lipinski definition) is 0. The molecule has 0 bridgehead atoms. The molecule has 0 aliphatic rings. The van der Waals surface area contributed by atoms with Crippen LogP contribution >= 0.6 is 0 Å². The van der Waals surface area contributed by atoms with Gasteiger partial charge < -0.3 is 0 Å². The molecule has 1 rings (SSSR count). The minimum atomic E-state index is 1.23. The van der Waals surface area contributed by atoms with Gasteiger partial charge in [0.25, 0.3) is 0 Å². The summed E-state index contributed by atoms with van der Waals surface area (Å²) in [5, 5.41) is 0. The predicted molar refractivity (Wildman–Crippen MR) is 111 cm³/mol. The summed E-state index contributed by atoms with van der Waals surface area (Å²) in [6.07, 6.45) is 15.6. The van der Waals surface area contributed by atoms with Gasteiger partial charge in [-0.05, 0) is 68.1 Å². The van der Waals surface area contributed by atoms with Gasteiger partial charge in [0.05, 0.1) is 0 Å². The maximum absolute atomic E-state index is 2.40. The van der Waals surface area contributed by atoms with Crippen LogP contribution in [-0.2, 0) is 6.42 Å². The van der Waals surface area contributed by atoms with Gasteiger partial charge in [-0.1, -0.05) is 83.2 Å². The van der Waals surface area contributed by atoms with Gasteiger partial charge >= 0.3 is 0 Å². The molecule has 1 aromatic carbocycles. The maximum Gasteiger partial charge on any atom is -0.0193 e. The molecule has 0 unspecified atom stereocenters. The van der Waals surface area contributed by atoms with Crippen LogP contribution in [0.4, 0.5) is 0 Å². The minimum Gasteiger partial charge on any atom is -0.0664 e. The van der Waals surface area contributed by atoms with Crippen molar-refractivity contribution in [2.75, 3.05) is 0 Å². The van der Waals surface area contributed by atoms with Gasteiger partial charge in [0.2, 0.25) is 0 Å². The Morgan fingerprint density at radius 2 is 1.21 bits per heavy atom. The molecule has 0 amide bonds. The Kier molecular flexibility index (Phi) is 11.6. The highest BCUT2D eigenvalue weighted by Crippen LogP contribution is 2.33. The van der Waals surface area contributed by atoms with E-state index in [4.69, 9.17) is 0 Å². The van der Waals surface area contributed by atoms with E-state index in [0.717, 1.165) is 0 Å². The lowest BCUT2D eigenvalue weighted by molar-refractivity contribution is 0.706. The smallest absolute Gasteiger partial charge is 0.0193 e. The quantitative estimate of drug-likeness (QED) is 0.341. The highest BCUT2D eigenvalue weighted by molar-refractivity contribution is 5.71. The molecule has 0 aliphatic heterocycles. The van der Waals surface area contributed by atoms with Crippen LogP contribution in [0.25, 0.3) is 5.57 Å². The second-order valence-electron chi connectivity index (χ2n) is 7.15. The van der Waals surface area contributed by atoms with Gasteiger partial charge in [-0.3, -0.25) is 0 Å². The van der Waals surface area contributed by atoms with E-state index in [0.29, 0.717) is 0 Å². The van der Waals surface area contributed by atoms with Gasteiger partial charge in [-0.2, -0.15) is 0 Å². The monoisotopic (exact) mass is 328 g/mol. The van der Waals surface area contributed by atoms with Crippen molar-refractivity contribution in [2.24, 2.45) is 0 Å². The standard InChI is InChI=1S/C24H40/c1-5-9-15-21(16-10-6-2)23(19-12-8-4)24-20-14-13-18-22(24)17-11-7-3/h13-14,18,20H,5-12,15-17,19H2,1-4H3. The molecule has 0 heteroatoms. The number of aryl methyl sites for hydroxylation is 1. The molecule has 1 aromatic rings. The van der Waals surface area contributed by atoms with Gasteiger partial charge in [0, 0.05) is 0 Å². The van der Waals surface area contributed by atoms with Crippen molar-refractivity contribution in [3.8, 4) is 0 Å². The number of benzene rings is 1. The van der Waals surface area contributed by atoms with Crippen molar-refractivity contribution in [1.82, 2.24) is 0 Å². The van der Waals surface area contributed by atoms with Crippen LogP contribution in [0.2, 0.25) is 0 Å². The van der Waals surface area contributed by atoms with E-state index in [9.17, 15) is 0 Å². The first kappa shape index (κ1) is 21.0. The summed E-state index contributed by atoms with van der Waals surface area (Å²) in [5.41, 5.74) is 6.61. The van der Waals surface area contributed by atoms with Gasteiger partial charge in [0.1, 0.15) is 0 Å². The summed E-state index contributed by atoms with van der Waals surface area (Å²) in [4.78, 5) is 0. The summed E-state index contributed by atoms with van der Waals surface area (Å²) in [5.74, 6) is 0. The lowest BCUT2D eigenvalue weighted by Gasteiger charge is -2.19. The van der Waals surface area contributed by atoms with Crippen LogP contribution in [0, 0.1) is 0 Å². The van der Waals surface area contributed by atoms with E-state index in [1.807, 2.05) is 0 Å². The van der Waals surface area contributed by atoms with Crippen LogP contribution in [-0.4, -0.2) is 0 Å². The topological polar surface area (TPSA) is 0 Å². The van der Waals surface area contributed by atoms with Crippen LogP contribution in [0.5, 0.6) is 0 Å². The molecule has 136 valence electrons.